The first-order valence-electron chi connectivity index (χ1n) is 22.3. The van der Waals surface area contributed by atoms with Gasteiger partial charge in [-0.1, -0.05) is 141 Å². The Morgan fingerprint density at radius 1 is 0.672 bits per heavy atom. The summed E-state index contributed by atoms with van der Waals surface area (Å²) in [6.07, 6.45) is 28.9. The second kappa shape index (κ2) is 35.4. The third-order valence-corrected chi connectivity index (χ3v) is 10.8. The van der Waals surface area contributed by atoms with Crippen molar-refractivity contribution in [3.63, 3.8) is 0 Å². The molecule has 336 valence electrons. The summed E-state index contributed by atoms with van der Waals surface area (Å²) in [4.78, 5) is 25.2. The Hall–Kier alpha value is -2.35. The fourth-order valence-corrected chi connectivity index (χ4v) is 7.26. The number of carbonyl (C=O) groups excluding carboxylic acids is 2. The number of rotatable bonds is 36. The van der Waals surface area contributed by atoms with E-state index in [-0.39, 0.29) is 13.0 Å². The van der Waals surface area contributed by atoms with E-state index in [4.69, 9.17) is 18.9 Å². The van der Waals surface area contributed by atoms with Gasteiger partial charge >= 0.3 is 11.9 Å². The van der Waals surface area contributed by atoms with Gasteiger partial charge in [-0.2, -0.15) is 8.42 Å². The molecule has 13 heteroatoms. The normalized spacial score (nSPS) is 20.3. The Morgan fingerprint density at radius 3 is 1.74 bits per heavy atom. The van der Waals surface area contributed by atoms with Crippen LogP contribution < -0.4 is 0 Å². The van der Waals surface area contributed by atoms with Gasteiger partial charge < -0.3 is 34.3 Å². The Kier molecular flexibility index (Phi) is 32.8. The molecule has 58 heavy (non-hydrogen) atoms. The van der Waals surface area contributed by atoms with Crippen molar-refractivity contribution >= 4 is 22.1 Å². The van der Waals surface area contributed by atoms with Crippen LogP contribution in [0.1, 0.15) is 174 Å². The summed E-state index contributed by atoms with van der Waals surface area (Å²) in [6, 6.07) is 0. The van der Waals surface area contributed by atoms with E-state index >= 15 is 0 Å². The first-order chi connectivity index (χ1) is 28.0. The number of unbranched alkanes of at least 4 members (excludes halogenated alkanes) is 21. The smallest absolute Gasteiger partial charge is 0.330 e. The highest BCUT2D eigenvalue weighted by atomic mass is 32.2. The summed E-state index contributed by atoms with van der Waals surface area (Å²) in [7, 11) is -4.61. The molecule has 0 saturated carbocycles. The highest BCUT2D eigenvalue weighted by Gasteiger charge is 2.46. The van der Waals surface area contributed by atoms with E-state index in [0.717, 1.165) is 51.4 Å². The molecule has 1 aliphatic heterocycles. The summed E-state index contributed by atoms with van der Waals surface area (Å²) in [5.41, 5.74) is 3.27. The van der Waals surface area contributed by atoms with Gasteiger partial charge in [0, 0.05) is 12.5 Å². The van der Waals surface area contributed by atoms with Gasteiger partial charge in [0.15, 0.2) is 12.4 Å². The van der Waals surface area contributed by atoms with Crippen molar-refractivity contribution in [1.82, 2.24) is 0 Å². The van der Waals surface area contributed by atoms with Crippen LogP contribution in [0.4, 0.5) is 0 Å². The summed E-state index contributed by atoms with van der Waals surface area (Å²) in [5, 5.41) is 30.8. The van der Waals surface area contributed by atoms with Gasteiger partial charge in [0.2, 0.25) is 0 Å². The molecule has 4 N–H and O–H groups in total. The van der Waals surface area contributed by atoms with Crippen LogP contribution in [0, 0.1) is 0 Å². The minimum Gasteiger partial charge on any atom is -0.458 e. The molecule has 0 aliphatic carbocycles. The summed E-state index contributed by atoms with van der Waals surface area (Å²) in [5.74, 6) is -2.27. The Morgan fingerprint density at radius 2 is 1.19 bits per heavy atom. The van der Waals surface area contributed by atoms with Crippen LogP contribution in [-0.4, -0.2) is 96.0 Å². The third-order valence-electron chi connectivity index (χ3n) is 10.1. The van der Waals surface area contributed by atoms with E-state index in [9.17, 15) is 37.9 Å². The lowest BCUT2D eigenvalue weighted by Crippen LogP contribution is -2.60. The Bertz CT molecular complexity index is 1280. The van der Waals surface area contributed by atoms with Crippen LogP contribution in [-0.2, 0) is 38.7 Å². The molecule has 12 nitrogen and oxygen atoms in total. The fourth-order valence-electron chi connectivity index (χ4n) is 6.57. The number of hydrogen-bond acceptors (Lipinski definition) is 11. The zero-order chi connectivity index (χ0) is 42.7. The largest absolute Gasteiger partial charge is 0.458 e. The van der Waals surface area contributed by atoms with E-state index in [1.807, 2.05) is 6.08 Å². The van der Waals surface area contributed by atoms with Crippen LogP contribution in [0.2, 0.25) is 0 Å². The van der Waals surface area contributed by atoms with Crippen molar-refractivity contribution in [2.24, 2.45) is 0 Å². The predicted molar refractivity (Wildman–Crippen MR) is 228 cm³/mol. The number of aliphatic hydroxyl groups excluding tert-OH is 3. The second-order valence-corrected chi connectivity index (χ2v) is 17.0. The average molecular weight is 843 g/mol. The average Bonchev–Trinajstić information content (AvgIpc) is 3.18. The minimum atomic E-state index is -4.61. The molecule has 0 spiro atoms. The zero-order valence-electron chi connectivity index (χ0n) is 35.7. The number of esters is 2. The highest BCUT2D eigenvalue weighted by molar-refractivity contribution is 7.85. The van der Waals surface area contributed by atoms with Gasteiger partial charge in [-0.15, -0.1) is 5.73 Å². The molecule has 0 aromatic heterocycles. The molecule has 0 aromatic rings. The van der Waals surface area contributed by atoms with Crippen molar-refractivity contribution in [3.05, 3.63) is 42.2 Å². The maximum absolute atomic E-state index is 12.8. The van der Waals surface area contributed by atoms with Crippen LogP contribution in [0.15, 0.2) is 42.2 Å². The molecule has 1 saturated heterocycles. The first kappa shape index (κ1) is 53.7. The van der Waals surface area contributed by atoms with Gasteiger partial charge in [-0.3, -0.25) is 9.35 Å². The molecule has 1 fully saturated rings. The van der Waals surface area contributed by atoms with Gasteiger partial charge in [-0.25, -0.2) is 4.79 Å². The summed E-state index contributed by atoms with van der Waals surface area (Å²) in [6.45, 7) is 3.61. The Balaban J connectivity index is 2.53. The molecule has 0 radical (unpaired) electrons. The van der Waals surface area contributed by atoms with E-state index < -0.39 is 71.2 Å². The molecule has 0 aromatic carbocycles. The lowest BCUT2D eigenvalue weighted by molar-refractivity contribution is -0.297. The van der Waals surface area contributed by atoms with E-state index in [1.165, 1.54) is 102 Å². The zero-order valence-corrected chi connectivity index (χ0v) is 36.5. The number of allylic oxidation sites excluding steroid dienone is 4. The second-order valence-electron chi connectivity index (χ2n) is 15.5. The molecule has 1 aliphatic rings. The van der Waals surface area contributed by atoms with Crippen molar-refractivity contribution in [3.8, 4) is 0 Å². The molecule has 0 bridgehead atoms. The van der Waals surface area contributed by atoms with Crippen LogP contribution in [0.5, 0.6) is 0 Å². The molecule has 1 heterocycles. The van der Waals surface area contributed by atoms with E-state index in [1.54, 1.807) is 12.2 Å². The van der Waals surface area contributed by atoms with Crippen molar-refractivity contribution in [1.29, 1.82) is 0 Å². The van der Waals surface area contributed by atoms with Crippen molar-refractivity contribution in [2.75, 3.05) is 19.0 Å². The summed E-state index contributed by atoms with van der Waals surface area (Å²) < 4.78 is 53.8. The molecule has 6 atom stereocenters. The quantitative estimate of drug-likeness (QED) is 0.0118. The fraction of sp³-hybridized carbons (Fsp3) is 0.800. The lowest BCUT2D eigenvalue weighted by atomic mass is 10.00. The lowest BCUT2D eigenvalue weighted by Gasteiger charge is -2.40. The number of carbonyl (C=O) groups is 2. The number of hydrogen-bond donors (Lipinski definition) is 4. The molecule has 0 amide bonds. The molecular formula is C45H78O12S. The highest BCUT2D eigenvalue weighted by Crippen LogP contribution is 2.24. The van der Waals surface area contributed by atoms with Gasteiger partial charge in [0.05, 0.1) is 6.61 Å². The Labute approximate surface area is 350 Å². The summed E-state index contributed by atoms with van der Waals surface area (Å²) >= 11 is 0. The topological polar surface area (TPSA) is 186 Å². The van der Waals surface area contributed by atoms with E-state index in [2.05, 4.69) is 31.7 Å². The molecule has 1 rings (SSSR count). The molecular weight excluding hydrogens is 765 g/mol. The maximum atomic E-state index is 12.8. The van der Waals surface area contributed by atoms with Gasteiger partial charge in [0.1, 0.15) is 36.8 Å². The van der Waals surface area contributed by atoms with Crippen LogP contribution in [0.3, 0.4) is 0 Å². The SMILES string of the molecule is CCCCCCCC=C=CCCCCCCCC(=O)O[C@H](COC(=O)/C=C/C=C/CCCCCCCCCCCCC)CO[C@H]1O[C@H](CS(=O)(=O)O)[C@@H](O)C(O)C1O. The number of ether oxygens (including phenoxy) is 4. The van der Waals surface area contributed by atoms with Crippen molar-refractivity contribution < 1.29 is 56.8 Å². The number of aliphatic hydroxyl groups is 3. The molecule has 2 unspecified atom stereocenters. The van der Waals surface area contributed by atoms with Crippen molar-refractivity contribution in [2.45, 2.75) is 211 Å². The van der Waals surface area contributed by atoms with E-state index in [0.29, 0.717) is 6.42 Å². The predicted octanol–water partition coefficient (Wildman–Crippen LogP) is 8.77. The third kappa shape index (κ3) is 29.8. The van der Waals surface area contributed by atoms with Gasteiger partial charge in [0.25, 0.3) is 10.1 Å². The first-order valence-corrected chi connectivity index (χ1v) is 23.9. The standard InChI is InChI=1S/C45H78O12S/c1-3-5-7-9-11-13-15-17-19-21-23-25-27-29-31-33-40(46)54-35-38(36-55-45-44(50)43(49)42(48)39(57-45)37-58(51,52)53)56-41(47)34-32-30-28-26-24-22-20-18-16-14-12-10-8-6-4-2/h16,20,27,29,31,33,38-39,42-45,48-50H,3-15,17,19,21-26,28,30,32,34-37H2,1-2H3,(H,51,52,53)/b29-27+,33-31+/t18?,38-,39-,42-,43?,44?,45+/m1/s1. The van der Waals surface area contributed by atoms with Crippen LogP contribution in [0.25, 0.3) is 0 Å². The van der Waals surface area contributed by atoms with Crippen LogP contribution >= 0.6 is 0 Å². The maximum Gasteiger partial charge on any atom is 0.330 e. The minimum absolute atomic E-state index is 0.124. The van der Waals surface area contributed by atoms with Gasteiger partial charge in [-0.05, 0) is 57.1 Å². The monoisotopic (exact) mass is 843 g/mol.